The third kappa shape index (κ3) is 3.99. The van der Waals surface area contributed by atoms with Gasteiger partial charge in [0.2, 0.25) is 11.5 Å². The van der Waals surface area contributed by atoms with Crippen molar-refractivity contribution < 1.29 is 28.9 Å². The van der Waals surface area contributed by atoms with Gasteiger partial charge in [-0.1, -0.05) is 10.1 Å². The van der Waals surface area contributed by atoms with E-state index in [-0.39, 0.29) is 28.9 Å². The lowest BCUT2D eigenvalue weighted by Gasteiger charge is -2.50. The molecule has 0 aliphatic carbocycles. The maximum atomic E-state index is 12.8. The Hall–Kier alpha value is -3.59. The quantitative estimate of drug-likeness (QED) is 0.184. The van der Waals surface area contributed by atoms with Crippen LogP contribution in [0.15, 0.2) is 41.2 Å². The molecule has 4 rings (SSSR count). The number of amides is 2. The fraction of sp³-hybridized carbons (Fsp3) is 0.294. The normalized spacial score (nSPS) is 20.5. The number of rotatable bonds is 7. The molecular weight excluding hydrogens is 460 g/mol. The Kier molecular flexibility index (Phi) is 6.00. The predicted octanol–water partition coefficient (Wildman–Crippen LogP) is -2.74. The second kappa shape index (κ2) is 8.88. The molecule has 4 heterocycles. The van der Waals surface area contributed by atoms with Gasteiger partial charge in [0.25, 0.3) is 18.1 Å². The number of carbonyl (C=O) groups is 3. The van der Waals surface area contributed by atoms with Gasteiger partial charge in [-0.05, 0) is 0 Å². The van der Waals surface area contributed by atoms with Gasteiger partial charge in [-0.3, -0.25) is 14.5 Å². The lowest BCUT2D eigenvalue weighted by atomic mass is 10.0. The molecule has 0 aromatic carbocycles. The third-order valence-corrected chi connectivity index (χ3v) is 6.50. The van der Waals surface area contributed by atoms with Crippen LogP contribution in [0.3, 0.4) is 0 Å². The molecule has 13 nitrogen and oxygen atoms in total. The van der Waals surface area contributed by atoms with Gasteiger partial charge >= 0.3 is 0 Å². The largest absolute Gasteiger partial charge is 0.543 e. The molecule has 2 atom stereocenters. The molecule has 1 unspecified atom stereocenters. The fourth-order valence-electron chi connectivity index (χ4n) is 3.28. The molecule has 1 fully saturated rings. The SMILES string of the molecule is CO/N=C(\C(=O)N[C@@H]1C(=O)N2C(C(=O)[O-])=C(C[n+]3cccnc3)CSC12)c1nsc(N)n1. The van der Waals surface area contributed by atoms with Crippen molar-refractivity contribution in [3.8, 4) is 0 Å². The summed E-state index contributed by atoms with van der Waals surface area (Å²) in [7, 11) is 1.24. The number of hydrogen-bond donors (Lipinski definition) is 2. The van der Waals surface area contributed by atoms with Gasteiger partial charge in [0.05, 0.1) is 17.9 Å². The average molecular weight is 477 g/mol. The molecule has 2 aromatic rings. The maximum Gasteiger partial charge on any atom is 0.286 e. The van der Waals surface area contributed by atoms with Crippen molar-refractivity contribution in [2.24, 2.45) is 5.16 Å². The highest BCUT2D eigenvalue weighted by Crippen LogP contribution is 2.40. The van der Waals surface area contributed by atoms with Crippen molar-refractivity contribution in [1.82, 2.24) is 24.6 Å². The Morgan fingerprint density at radius 2 is 2.31 bits per heavy atom. The van der Waals surface area contributed by atoms with Crippen LogP contribution in [0.25, 0.3) is 0 Å². The van der Waals surface area contributed by atoms with Gasteiger partial charge in [-0.25, -0.2) is 4.57 Å². The van der Waals surface area contributed by atoms with Crippen molar-refractivity contribution in [3.05, 3.63) is 41.9 Å². The van der Waals surface area contributed by atoms with Crippen LogP contribution in [0.1, 0.15) is 5.82 Å². The van der Waals surface area contributed by atoms with Crippen LogP contribution in [-0.2, 0) is 25.8 Å². The van der Waals surface area contributed by atoms with E-state index < -0.39 is 29.2 Å². The zero-order valence-electron chi connectivity index (χ0n) is 16.5. The second-order valence-electron chi connectivity index (χ2n) is 6.61. The minimum Gasteiger partial charge on any atom is -0.543 e. The van der Waals surface area contributed by atoms with Crippen LogP contribution in [-0.4, -0.2) is 67.0 Å². The highest BCUT2D eigenvalue weighted by molar-refractivity contribution is 8.00. The number of fused-ring (bicyclic) bond motifs is 1. The summed E-state index contributed by atoms with van der Waals surface area (Å²) in [5.41, 5.74) is 5.61. The van der Waals surface area contributed by atoms with E-state index in [1.165, 1.54) is 18.9 Å². The molecule has 166 valence electrons. The number of nitrogens with two attached hydrogens (primary N) is 1. The Labute approximate surface area is 189 Å². The van der Waals surface area contributed by atoms with Gasteiger partial charge in [0, 0.05) is 28.9 Å². The van der Waals surface area contributed by atoms with E-state index in [9.17, 15) is 19.5 Å². The molecule has 0 spiro atoms. The molecule has 2 aliphatic heterocycles. The van der Waals surface area contributed by atoms with Crippen molar-refractivity contribution in [1.29, 1.82) is 0 Å². The first kappa shape index (κ1) is 21.6. The van der Waals surface area contributed by atoms with Crippen molar-refractivity contribution in [2.75, 3.05) is 18.6 Å². The topological polar surface area (TPSA) is 180 Å². The monoisotopic (exact) mass is 476 g/mol. The van der Waals surface area contributed by atoms with E-state index in [0.717, 1.165) is 16.4 Å². The summed E-state index contributed by atoms with van der Waals surface area (Å²) in [6, 6.07) is 0.745. The van der Waals surface area contributed by atoms with Crippen LogP contribution in [0.5, 0.6) is 0 Å². The Bertz CT molecular complexity index is 1130. The van der Waals surface area contributed by atoms with E-state index in [4.69, 9.17) is 5.73 Å². The number of nitrogens with one attached hydrogen (secondary N) is 1. The second-order valence-corrected chi connectivity index (χ2v) is 8.50. The first-order valence-corrected chi connectivity index (χ1v) is 10.9. The van der Waals surface area contributed by atoms with E-state index in [1.54, 1.807) is 29.4 Å². The van der Waals surface area contributed by atoms with Crippen LogP contribution >= 0.6 is 23.3 Å². The van der Waals surface area contributed by atoms with E-state index in [2.05, 4.69) is 29.7 Å². The summed E-state index contributed by atoms with van der Waals surface area (Å²) in [4.78, 5) is 51.1. The van der Waals surface area contributed by atoms with Gasteiger partial charge in [-0.2, -0.15) is 9.36 Å². The number of β-lactam (4-membered cyclic amide) rings is 1. The Morgan fingerprint density at radius 3 is 2.94 bits per heavy atom. The number of aromatic nitrogens is 4. The molecule has 0 radical (unpaired) electrons. The fourth-order valence-corrected chi connectivity index (χ4v) is 5.05. The van der Waals surface area contributed by atoms with Crippen LogP contribution < -0.4 is 20.7 Å². The number of carboxylic acids is 1. The van der Waals surface area contributed by atoms with Crippen LogP contribution in [0.4, 0.5) is 5.13 Å². The molecule has 0 bridgehead atoms. The summed E-state index contributed by atoms with van der Waals surface area (Å²) in [5, 5.41) is 17.6. The third-order valence-electron chi connectivity index (χ3n) is 4.62. The molecule has 32 heavy (non-hydrogen) atoms. The summed E-state index contributed by atoms with van der Waals surface area (Å²) in [5.74, 6) is -2.51. The van der Waals surface area contributed by atoms with E-state index >= 15 is 0 Å². The Morgan fingerprint density at radius 1 is 1.50 bits per heavy atom. The van der Waals surface area contributed by atoms with Gasteiger partial charge in [-0.15, -0.1) is 11.8 Å². The molecule has 2 aliphatic rings. The number of nitrogen functional groups attached to an aromatic ring is 1. The number of carboxylic acid groups (broad SMARTS) is 1. The molecular formula is C17H16N8O5S2. The van der Waals surface area contributed by atoms with E-state index in [0.29, 0.717) is 11.3 Å². The number of oxime groups is 1. The zero-order valence-corrected chi connectivity index (χ0v) is 18.1. The number of anilines is 1. The van der Waals surface area contributed by atoms with E-state index in [1.807, 2.05) is 0 Å². The summed E-state index contributed by atoms with van der Waals surface area (Å²) in [6.07, 6.45) is 4.88. The maximum absolute atomic E-state index is 12.8. The van der Waals surface area contributed by atoms with Crippen molar-refractivity contribution >= 4 is 51.9 Å². The van der Waals surface area contributed by atoms with Crippen LogP contribution in [0.2, 0.25) is 0 Å². The van der Waals surface area contributed by atoms with Crippen LogP contribution in [0, 0.1) is 0 Å². The highest BCUT2D eigenvalue weighted by atomic mass is 32.2. The van der Waals surface area contributed by atoms with Gasteiger partial charge < -0.3 is 25.8 Å². The highest BCUT2D eigenvalue weighted by Gasteiger charge is 2.53. The van der Waals surface area contributed by atoms with Gasteiger partial charge in [0.1, 0.15) is 31.3 Å². The first-order valence-electron chi connectivity index (χ1n) is 9.09. The molecule has 0 saturated carbocycles. The number of nitrogens with zero attached hydrogens (tertiary/aromatic N) is 6. The molecule has 15 heteroatoms. The van der Waals surface area contributed by atoms with Gasteiger partial charge in [0.15, 0.2) is 5.13 Å². The molecule has 3 N–H and O–H groups in total. The lowest BCUT2D eigenvalue weighted by Crippen LogP contribution is -2.71. The smallest absolute Gasteiger partial charge is 0.286 e. The summed E-state index contributed by atoms with van der Waals surface area (Å²) in [6.45, 7) is 0.235. The minimum absolute atomic E-state index is 0.0436. The van der Waals surface area contributed by atoms with Crippen molar-refractivity contribution in [2.45, 2.75) is 18.0 Å². The number of thioether (sulfide) groups is 1. The zero-order chi connectivity index (χ0) is 22.8. The number of aliphatic carboxylic acids is 1. The lowest BCUT2D eigenvalue weighted by molar-refractivity contribution is -0.692. The summed E-state index contributed by atoms with van der Waals surface area (Å²) >= 11 is 2.20. The van der Waals surface area contributed by atoms with Crippen molar-refractivity contribution in [3.63, 3.8) is 0 Å². The Balaban J connectivity index is 1.53. The molecule has 2 amide bonds. The summed E-state index contributed by atoms with van der Waals surface area (Å²) < 4.78 is 5.62. The number of carbonyl (C=O) groups excluding carboxylic acids is 3. The number of hydrogen-bond acceptors (Lipinski definition) is 12. The molecule has 2 aromatic heterocycles. The predicted molar refractivity (Wildman–Crippen MR) is 109 cm³/mol. The minimum atomic E-state index is -1.46. The first-order chi connectivity index (χ1) is 15.4. The standard InChI is InChI=1S/C17H16N8O5S2/c1-30-22-9(12-21-17(18)32-23-12)13(26)20-10-14(27)25-11(16(28)29)8(6-31-15(10)25)5-24-4-2-3-19-7-24/h2-4,7,10,15H,5-6H2,1H3,(H3-,18,20,21,23,26,28,29)/b22-9-/t10-,15?/m1/s1. The molecule has 1 saturated heterocycles. The average Bonchev–Trinajstić information content (AvgIpc) is 3.21.